The molecule has 1 unspecified atom stereocenters. The second-order valence-electron chi connectivity index (χ2n) is 8.84. The van der Waals surface area contributed by atoms with Crippen molar-refractivity contribution in [3.8, 4) is 0 Å². The molecule has 1 aliphatic rings. The lowest BCUT2D eigenvalue weighted by Crippen LogP contribution is -2.47. The van der Waals surface area contributed by atoms with Gasteiger partial charge in [-0.1, -0.05) is 33.8 Å². The van der Waals surface area contributed by atoms with Crippen molar-refractivity contribution in [2.75, 3.05) is 4.90 Å². The minimum absolute atomic E-state index is 0.184. The van der Waals surface area contributed by atoms with E-state index in [0.717, 1.165) is 29.4 Å². The van der Waals surface area contributed by atoms with Crippen molar-refractivity contribution < 1.29 is 9.53 Å². The van der Waals surface area contributed by atoms with Crippen LogP contribution in [0.15, 0.2) is 16.6 Å². The zero-order valence-electron chi connectivity index (χ0n) is 16.6. The van der Waals surface area contributed by atoms with Gasteiger partial charge in [-0.3, -0.25) is 4.90 Å². The summed E-state index contributed by atoms with van der Waals surface area (Å²) in [5, 5.41) is 0. The molecule has 0 spiro atoms. The number of rotatable bonds is 3. The molecule has 1 aromatic carbocycles. The Balaban J connectivity index is 2.48. The molecule has 0 aliphatic carbocycles. The van der Waals surface area contributed by atoms with E-state index in [4.69, 9.17) is 4.74 Å². The standard InChI is InChI=1S/C21H32BrNO2/c1-13(2)10-17-9-8-15-11-16(14(3)4)12-18(22)19(15)23(17)20(24)25-21(5,6)7/h11-14,17H,8-10H2,1-7H3. The van der Waals surface area contributed by atoms with E-state index >= 15 is 0 Å². The topological polar surface area (TPSA) is 29.5 Å². The van der Waals surface area contributed by atoms with Crippen LogP contribution in [0.4, 0.5) is 10.5 Å². The molecule has 0 aromatic heterocycles. The van der Waals surface area contributed by atoms with Gasteiger partial charge in [0, 0.05) is 10.5 Å². The van der Waals surface area contributed by atoms with Crippen molar-refractivity contribution in [3.63, 3.8) is 0 Å². The first-order valence-corrected chi connectivity index (χ1v) is 10.1. The van der Waals surface area contributed by atoms with Gasteiger partial charge in [0.2, 0.25) is 0 Å². The largest absolute Gasteiger partial charge is 0.443 e. The summed E-state index contributed by atoms with van der Waals surface area (Å²) in [5.74, 6) is 0.996. The Morgan fingerprint density at radius 3 is 2.44 bits per heavy atom. The average Bonchev–Trinajstić information content (AvgIpc) is 2.44. The Morgan fingerprint density at radius 1 is 1.28 bits per heavy atom. The van der Waals surface area contributed by atoms with Gasteiger partial charge >= 0.3 is 6.09 Å². The number of hydrogen-bond acceptors (Lipinski definition) is 2. The Labute approximate surface area is 161 Å². The summed E-state index contributed by atoms with van der Waals surface area (Å²) in [4.78, 5) is 14.9. The number of fused-ring (bicyclic) bond motifs is 1. The minimum Gasteiger partial charge on any atom is -0.443 e. The lowest BCUT2D eigenvalue weighted by molar-refractivity contribution is 0.0556. The van der Waals surface area contributed by atoms with Gasteiger partial charge in [0.15, 0.2) is 0 Å². The molecule has 0 bridgehead atoms. The van der Waals surface area contributed by atoms with Gasteiger partial charge in [0.1, 0.15) is 5.60 Å². The van der Waals surface area contributed by atoms with Crippen LogP contribution >= 0.6 is 15.9 Å². The first kappa shape index (κ1) is 20.3. The Hall–Kier alpha value is -1.03. The maximum absolute atomic E-state index is 13.0. The molecule has 1 heterocycles. The van der Waals surface area contributed by atoms with Gasteiger partial charge < -0.3 is 4.74 Å². The molecule has 1 aromatic rings. The highest BCUT2D eigenvalue weighted by molar-refractivity contribution is 9.10. The molecule has 0 N–H and O–H groups in total. The minimum atomic E-state index is -0.499. The van der Waals surface area contributed by atoms with Gasteiger partial charge in [0.25, 0.3) is 0 Å². The van der Waals surface area contributed by atoms with Crippen LogP contribution in [0.2, 0.25) is 0 Å². The molecular weight excluding hydrogens is 378 g/mol. The van der Waals surface area contributed by atoms with Crippen LogP contribution in [-0.2, 0) is 11.2 Å². The fourth-order valence-corrected chi connectivity index (χ4v) is 4.14. The van der Waals surface area contributed by atoms with E-state index < -0.39 is 5.60 Å². The second-order valence-corrected chi connectivity index (χ2v) is 9.69. The van der Waals surface area contributed by atoms with Gasteiger partial charge in [-0.2, -0.15) is 0 Å². The number of carbonyl (C=O) groups excluding carboxylic acids is 1. The fraction of sp³-hybridized carbons (Fsp3) is 0.667. The third kappa shape index (κ3) is 4.99. The highest BCUT2D eigenvalue weighted by Gasteiger charge is 2.36. The molecule has 0 radical (unpaired) electrons. The number of halogens is 1. The number of amides is 1. The Kier molecular flexibility index (Phi) is 6.24. The number of hydrogen-bond donors (Lipinski definition) is 0. The molecule has 25 heavy (non-hydrogen) atoms. The SMILES string of the molecule is CC(C)CC1CCc2cc(C(C)C)cc(Br)c2N1C(=O)OC(C)(C)C. The lowest BCUT2D eigenvalue weighted by atomic mass is 9.88. The van der Waals surface area contributed by atoms with Crippen LogP contribution in [0.3, 0.4) is 0 Å². The number of benzene rings is 1. The van der Waals surface area contributed by atoms with Crippen molar-refractivity contribution in [2.24, 2.45) is 5.92 Å². The van der Waals surface area contributed by atoms with Gasteiger partial charge in [-0.05, 0) is 85.0 Å². The summed E-state index contributed by atoms with van der Waals surface area (Å²) in [5.41, 5.74) is 3.04. The molecule has 0 saturated carbocycles. The van der Waals surface area contributed by atoms with Crippen LogP contribution < -0.4 is 4.90 Å². The Morgan fingerprint density at radius 2 is 1.92 bits per heavy atom. The predicted octanol–water partition coefficient (Wildman–Crippen LogP) is 6.67. The van der Waals surface area contributed by atoms with E-state index in [2.05, 4.69) is 55.8 Å². The van der Waals surface area contributed by atoms with Crippen LogP contribution in [0.5, 0.6) is 0 Å². The van der Waals surface area contributed by atoms with Gasteiger partial charge in [-0.25, -0.2) is 4.79 Å². The molecule has 0 fully saturated rings. The summed E-state index contributed by atoms with van der Waals surface area (Å²) in [6.07, 6.45) is 2.73. The van der Waals surface area contributed by atoms with E-state index in [1.807, 2.05) is 25.7 Å². The van der Waals surface area contributed by atoms with Crippen molar-refractivity contribution in [2.45, 2.75) is 85.3 Å². The zero-order valence-corrected chi connectivity index (χ0v) is 18.2. The average molecular weight is 410 g/mol. The zero-order chi connectivity index (χ0) is 18.9. The van der Waals surface area contributed by atoms with Crippen LogP contribution in [0.1, 0.15) is 78.4 Å². The van der Waals surface area contributed by atoms with E-state index in [-0.39, 0.29) is 12.1 Å². The Bertz CT molecular complexity index is 632. The second kappa shape index (κ2) is 7.69. The first-order valence-electron chi connectivity index (χ1n) is 9.34. The molecule has 140 valence electrons. The monoisotopic (exact) mass is 409 g/mol. The summed E-state index contributed by atoms with van der Waals surface area (Å²) < 4.78 is 6.74. The van der Waals surface area contributed by atoms with Gasteiger partial charge in [0.05, 0.1) is 5.69 Å². The third-order valence-corrected chi connectivity index (χ3v) is 5.12. The van der Waals surface area contributed by atoms with E-state index in [1.165, 1.54) is 11.1 Å². The molecule has 1 atom stereocenters. The summed E-state index contributed by atoms with van der Waals surface area (Å²) >= 11 is 3.73. The van der Waals surface area contributed by atoms with Crippen LogP contribution in [0.25, 0.3) is 0 Å². The summed E-state index contributed by atoms with van der Waals surface area (Å²) in [6, 6.07) is 4.59. The van der Waals surface area contributed by atoms with Crippen molar-refractivity contribution in [3.05, 3.63) is 27.7 Å². The van der Waals surface area contributed by atoms with E-state index in [0.29, 0.717) is 11.8 Å². The molecule has 1 amide bonds. The maximum Gasteiger partial charge on any atom is 0.415 e. The molecule has 0 saturated heterocycles. The van der Waals surface area contributed by atoms with E-state index in [1.54, 1.807) is 0 Å². The number of nitrogens with zero attached hydrogens (tertiary/aromatic N) is 1. The number of anilines is 1. The molecule has 1 aliphatic heterocycles. The normalized spacial score (nSPS) is 17.8. The smallest absolute Gasteiger partial charge is 0.415 e. The molecule has 2 rings (SSSR count). The van der Waals surface area contributed by atoms with E-state index in [9.17, 15) is 4.79 Å². The van der Waals surface area contributed by atoms with Gasteiger partial charge in [-0.15, -0.1) is 0 Å². The number of carbonyl (C=O) groups is 1. The highest BCUT2D eigenvalue weighted by Crippen LogP contribution is 2.41. The maximum atomic E-state index is 13.0. The van der Waals surface area contributed by atoms with Crippen LogP contribution in [0, 0.1) is 5.92 Å². The number of ether oxygens (including phenoxy) is 1. The van der Waals surface area contributed by atoms with Crippen molar-refractivity contribution in [1.29, 1.82) is 0 Å². The molecular formula is C21H32BrNO2. The quantitative estimate of drug-likeness (QED) is 0.557. The highest BCUT2D eigenvalue weighted by atomic mass is 79.9. The lowest BCUT2D eigenvalue weighted by Gasteiger charge is -2.39. The van der Waals surface area contributed by atoms with Crippen molar-refractivity contribution >= 4 is 27.7 Å². The fourth-order valence-electron chi connectivity index (χ4n) is 3.43. The van der Waals surface area contributed by atoms with Crippen LogP contribution in [-0.4, -0.2) is 17.7 Å². The summed E-state index contributed by atoms with van der Waals surface area (Å²) in [6.45, 7) is 14.6. The first-order chi connectivity index (χ1) is 11.5. The molecule has 4 heteroatoms. The third-order valence-electron chi connectivity index (χ3n) is 4.52. The number of aryl methyl sites for hydroxylation is 1. The molecule has 3 nitrogen and oxygen atoms in total. The van der Waals surface area contributed by atoms with Crippen molar-refractivity contribution in [1.82, 2.24) is 0 Å². The summed E-state index contributed by atoms with van der Waals surface area (Å²) in [7, 11) is 0. The predicted molar refractivity (Wildman–Crippen MR) is 109 cm³/mol.